The van der Waals surface area contributed by atoms with Crippen molar-refractivity contribution in [3.8, 4) is 0 Å². The molecular formula is C12H6Cl3N3O3. The smallest absolute Gasteiger partial charge is 0.271 e. The van der Waals surface area contributed by atoms with Gasteiger partial charge in [0.1, 0.15) is 5.15 Å². The lowest BCUT2D eigenvalue weighted by Crippen LogP contribution is -2.13. The van der Waals surface area contributed by atoms with Crippen LogP contribution in [0.4, 0.5) is 11.4 Å². The molecule has 9 heteroatoms. The van der Waals surface area contributed by atoms with E-state index in [1.807, 2.05) is 0 Å². The Bertz CT molecular complexity index is 737. The molecule has 1 N–H and O–H groups in total. The Morgan fingerprint density at radius 1 is 1.19 bits per heavy atom. The number of aromatic nitrogens is 1. The minimum Gasteiger partial charge on any atom is -0.321 e. The molecule has 21 heavy (non-hydrogen) atoms. The predicted octanol–water partition coefficient (Wildman–Crippen LogP) is 4.20. The minimum absolute atomic E-state index is 0.0359. The average Bonchev–Trinajstić information content (AvgIpc) is 2.43. The molecule has 0 saturated heterocycles. The van der Waals surface area contributed by atoms with E-state index >= 15 is 0 Å². The van der Waals surface area contributed by atoms with Crippen LogP contribution in [0.5, 0.6) is 0 Å². The van der Waals surface area contributed by atoms with Crippen LogP contribution in [0.15, 0.2) is 30.5 Å². The van der Waals surface area contributed by atoms with Crippen molar-refractivity contribution in [2.24, 2.45) is 0 Å². The standard InChI is InChI=1S/C12H6Cl3N3O3/c13-8-3-6(18(20)21)1-2-10(8)17-12(19)7-4-11(15)16-5-9(7)14/h1-5H,(H,17,19). The molecule has 0 fully saturated rings. The van der Waals surface area contributed by atoms with E-state index in [1.54, 1.807) is 0 Å². The fourth-order valence-electron chi connectivity index (χ4n) is 1.50. The van der Waals surface area contributed by atoms with Crippen LogP contribution in [-0.2, 0) is 0 Å². The van der Waals surface area contributed by atoms with Crippen molar-refractivity contribution in [3.63, 3.8) is 0 Å². The number of anilines is 1. The maximum Gasteiger partial charge on any atom is 0.271 e. The highest BCUT2D eigenvalue weighted by Crippen LogP contribution is 2.28. The lowest BCUT2D eigenvalue weighted by Gasteiger charge is -2.08. The second-order valence-electron chi connectivity index (χ2n) is 3.86. The van der Waals surface area contributed by atoms with Crippen LogP contribution in [0.1, 0.15) is 10.4 Å². The number of hydrogen-bond donors (Lipinski definition) is 1. The van der Waals surface area contributed by atoms with Crippen molar-refractivity contribution in [1.82, 2.24) is 4.98 Å². The summed E-state index contributed by atoms with van der Waals surface area (Å²) in [6, 6.07) is 4.99. The number of nitrogens with one attached hydrogen (secondary N) is 1. The van der Waals surface area contributed by atoms with Gasteiger partial charge in [0.2, 0.25) is 0 Å². The third-order valence-corrected chi connectivity index (χ3v) is 3.30. The molecule has 0 radical (unpaired) electrons. The summed E-state index contributed by atoms with van der Waals surface area (Å²) in [5, 5.41) is 13.4. The summed E-state index contributed by atoms with van der Waals surface area (Å²) in [4.78, 5) is 25.8. The summed E-state index contributed by atoms with van der Waals surface area (Å²) in [6.45, 7) is 0. The number of pyridine rings is 1. The summed E-state index contributed by atoms with van der Waals surface area (Å²) in [5.41, 5.74) is 0.158. The fourth-order valence-corrected chi connectivity index (χ4v) is 2.06. The SMILES string of the molecule is O=C(Nc1ccc([N+](=O)[O-])cc1Cl)c1cc(Cl)ncc1Cl. The highest BCUT2D eigenvalue weighted by Gasteiger charge is 2.15. The van der Waals surface area contributed by atoms with Crippen molar-refractivity contribution < 1.29 is 9.72 Å². The first-order chi connectivity index (χ1) is 9.88. The number of nitro groups is 1. The predicted molar refractivity (Wildman–Crippen MR) is 80.3 cm³/mol. The molecule has 1 aromatic heterocycles. The van der Waals surface area contributed by atoms with E-state index in [1.165, 1.54) is 24.4 Å². The molecule has 1 aromatic carbocycles. The molecule has 6 nitrogen and oxygen atoms in total. The number of hydrogen-bond acceptors (Lipinski definition) is 4. The van der Waals surface area contributed by atoms with Crippen LogP contribution in [0.2, 0.25) is 15.2 Å². The van der Waals surface area contributed by atoms with E-state index in [4.69, 9.17) is 34.8 Å². The number of carbonyl (C=O) groups excluding carboxylic acids is 1. The van der Waals surface area contributed by atoms with Gasteiger partial charge in [0, 0.05) is 18.3 Å². The first-order valence-corrected chi connectivity index (χ1v) is 6.58. The van der Waals surface area contributed by atoms with Gasteiger partial charge < -0.3 is 5.32 Å². The van der Waals surface area contributed by atoms with Crippen LogP contribution < -0.4 is 5.32 Å². The van der Waals surface area contributed by atoms with E-state index in [2.05, 4.69) is 10.3 Å². The number of nitro benzene ring substituents is 1. The maximum absolute atomic E-state index is 12.1. The topological polar surface area (TPSA) is 85.1 Å². The average molecular weight is 347 g/mol. The molecule has 0 unspecified atom stereocenters. The number of benzene rings is 1. The van der Waals surface area contributed by atoms with Gasteiger partial charge in [-0.25, -0.2) is 4.98 Å². The highest BCUT2D eigenvalue weighted by molar-refractivity contribution is 6.36. The second-order valence-corrected chi connectivity index (χ2v) is 5.06. The third kappa shape index (κ3) is 3.60. The Hall–Kier alpha value is -1.89. The lowest BCUT2D eigenvalue weighted by molar-refractivity contribution is -0.384. The zero-order valence-electron chi connectivity index (χ0n) is 10.1. The Kier molecular flexibility index (Phi) is 4.62. The molecule has 0 aliphatic rings. The fraction of sp³-hybridized carbons (Fsp3) is 0. The Morgan fingerprint density at radius 2 is 1.90 bits per heavy atom. The van der Waals surface area contributed by atoms with Gasteiger partial charge in [0.15, 0.2) is 0 Å². The normalized spacial score (nSPS) is 10.2. The number of nitrogens with zero attached hydrogens (tertiary/aromatic N) is 2. The molecule has 0 aliphatic heterocycles. The van der Waals surface area contributed by atoms with Crippen molar-refractivity contribution in [2.45, 2.75) is 0 Å². The lowest BCUT2D eigenvalue weighted by atomic mass is 10.2. The zero-order chi connectivity index (χ0) is 15.6. The van der Waals surface area contributed by atoms with Crippen LogP contribution in [0.25, 0.3) is 0 Å². The number of halogens is 3. The molecule has 0 aliphatic carbocycles. The molecule has 1 heterocycles. The first-order valence-electron chi connectivity index (χ1n) is 5.45. The summed E-state index contributed by atoms with van der Waals surface area (Å²) >= 11 is 17.4. The molecule has 1 amide bonds. The van der Waals surface area contributed by atoms with Gasteiger partial charge in [0.25, 0.3) is 11.6 Å². The molecule has 2 rings (SSSR count). The number of carbonyl (C=O) groups is 1. The van der Waals surface area contributed by atoms with Crippen molar-refractivity contribution in [2.75, 3.05) is 5.32 Å². The molecule has 0 spiro atoms. The number of rotatable bonds is 3. The van der Waals surface area contributed by atoms with Gasteiger partial charge >= 0.3 is 0 Å². The van der Waals surface area contributed by atoms with Crippen LogP contribution in [-0.4, -0.2) is 15.8 Å². The van der Waals surface area contributed by atoms with Crippen LogP contribution >= 0.6 is 34.8 Å². The third-order valence-electron chi connectivity index (χ3n) is 2.48. The second kappa shape index (κ2) is 6.26. The zero-order valence-corrected chi connectivity index (χ0v) is 12.4. The largest absolute Gasteiger partial charge is 0.321 e. The first kappa shape index (κ1) is 15.5. The van der Waals surface area contributed by atoms with E-state index in [0.29, 0.717) is 0 Å². The van der Waals surface area contributed by atoms with Gasteiger partial charge in [-0.05, 0) is 12.1 Å². The molecule has 0 atom stereocenters. The summed E-state index contributed by atoms with van der Waals surface area (Å²) in [6.07, 6.45) is 1.25. The highest BCUT2D eigenvalue weighted by atomic mass is 35.5. The van der Waals surface area contributed by atoms with Gasteiger partial charge in [-0.15, -0.1) is 0 Å². The van der Waals surface area contributed by atoms with E-state index in [0.717, 1.165) is 6.07 Å². The van der Waals surface area contributed by atoms with Crippen molar-refractivity contribution in [3.05, 3.63) is 61.3 Å². The van der Waals surface area contributed by atoms with Crippen molar-refractivity contribution in [1.29, 1.82) is 0 Å². The van der Waals surface area contributed by atoms with Gasteiger partial charge in [-0.2, -0.15) is 0 Å². The molecule has 108 valence electrons. The summed E-state index contributed by atoms with van der Waals surface area (Å²) in [7, 11) is 0. The van der Waals surface area contributed by atoms with Gasteiger partial charge in [0.05, 0.1) is 26.2 Å². The van der Waals surface area contributed by atoms with Crippen molar-refractivity contribution >= 4 is 52.1 Å². The van der Waals surface area contributed by atoms with Crippen LogP contribution in [0, 0.1) is 10.1 Å². The van der Waals surface area contributed by atoms with E-state index in [9.17, 15) is 14.9 Å². The molecular weight excluding hydrogens is 341 g/mol. The van der Waals surface area contributed by atoms with Gasteiger partial charge in [-0.1, -0.05) is 34.8 Å². The number of non-ortho nitro benzene ring substituents is 1. The monoisotopic (exact) mass is 345 g/mol. The minimum atomic E-state index is -0.586. The summed E-state index contributed by atoms with van der Waals surface area (Å²) < 4.78 is 0. The molecule has 2 aromatic rings. The van der Waals surface area contributed by atoms with E-state index in [-0.39, 0.29) is 32.1 Å². The molecule has 0 saturated carbocycles. The Morgan fingerprint density at radius 3 is 2.52 bits per heavy atom. The molecule has 0 bridgehead atoms. The van der Waals surface area contributed by atoms with E-state index < -0.39 is 10.8 Å². The van der Waals surface area contributed by atoms with Crippen LogP contribution in [0.3, 0.4) is 0 Å². The summed E-state index contributed by atoms with van der Waals surface area (Å²) in [5.74, 6) is -0.556. The Labute approximate surface area is 133 Å². The maximum atomic E-state index is 12.1. The Balaban J connectivity index is 2.27. The quantitative estimate of drug-likeness (QED) is 0.512. The number of amides is 1. The van der Waals surface area contributed by atoms with Gasteiger partial charge in [-0.3, -0.25) is 14.9 Å².